The first-order valence-corrected chi connectivity index (χ1v) is 10.0. The van der Waals surface area contributed by atoms with Crippen LogP contribution in [0.5, 0.6) is 5.75 Å². The van der Waals surface area contributed by atoms with Crippen LogP contribution in [0.2, 0.25) is 0 Å². The molecule has 0 saturated carbocycles. The molecular weight excluding hydrogens is 378 g/mol. The number of piperazine rings is 1. The van der Waals surface area contributed by atoms with Gasteiger partial charge in [0.1, 0.15) is 11.6 Å². The molecule has 3 aromatic rings. The molecule has 2 aromatic carbocycles. The zero-order chi connectivity index (χ0) is 20.9. The smallest absolute Gasteiger partial charge is 0.232 e. The molecule has 0 spiro atoms. The van der Waals surface area contributed by atoms with Gasteiger partial charge in [-0.05, 0) is 30.7 Å². The Labute approximate surface area is 176 Å². The van der Waals surface area contributed by atoms with Crippen LogP contribution in [0, 0.1) is 6.92 Å². The SMILES string of the molecule is COc1cccc(N2CCN(Cc3nc(N)nc(Nc4ccccc4C)n3)CC2)c1. The lowest BCUT2D eigenvalue weighted by atomic mass is 10.2. The van der Waals surface area contributed by atoms with E-state index in [-0.39, 0.29) is 5.95 Å². The van der Waals surface area contributed by atoms with Crippen molar-refractivity contribution in [3.05, 3.63) is 59.9 Å². The Hall–Kier alpha value is -3.39. The van der Waals surface area contributed by atoms with E-state index in [0.29, 0.717) is 18.3 Å². The standard InChI is InChI=1S/C22H27N7O/c1-16-6-3-4-9-19(16)24-22-26-20(25-21(23)27-22)15-28-10-12-29(13-11-28)17-7-5-8-18(14-17)30-2/h3-9,14H,10-13,15H2,1-2H3,(H3,23,24,25,26,27). The number of nitrogens with zero attached hydrogens (tertiary/aromatic N) is 5. The van der Waals surface area contributed by atoms with Gasteiger partial charge in [-0.1, -0.05) is 24.3 Å². The van der Waals surface area contributed by atoms with Crippen LogP contribution in [0.25, 0.3) is 0 Å². The van der Waals surface area contributed by atoms with E-state index in [4.69, 9.17) is 10.5 Å². The van der Waals surface area contributed by atoms with Gasteiger partial charge in [0.05, 0.1) is 13.7 Å². The molecule has 3 N–H and O–H groups in total. The quantitative estimate of drug-likeness (QED) is 0.647. The van der Waals surface area contributed by atoms with E-state index >= 15 is 0 Å². The lowest BCUT2D eigenvalue weighted by molar-refractivity contribution is 0.244. The molecule has 30 heavy (non-hydrogen) atoms. The molecule has 8 heteroatoms. The number of hydrogen-bond donors (Lipinski definition) is 2. The summed E-state index contributed by atoms with van der Waals surface area (Å²) in [6.45, 7) is 6.38. The van der Waals surface area contributed by atoms with Crippen molar-refractivity contribution in [2.75, 3.05) is 49.2 Å². The lowest BCUT2D eigenvalue weighted by Gasteiger charge is -2.35. The van der Waals surface area contributed by atoms with E-state index in [9.17, 15) is 0 Å². The topological polar surface area (TPSA) is 92.4 Å². The highest BCUT2D eigenvalue weighted by molar-refractivity contribution is 5.58. The van der Waals surface area contributed by atoms with E-state index in [0.717, 1.165) is 43.2 Å². The number of para-hydroxylation sites is 1. The second-order valence-electron chi connectivity index (χ2n) is 7.34. The zero-order valence-electron chi connectivity index (χ0n) is 17.4. The van der Waals surface area contributed by atoms with Crippen LogP contribution in [-0.4, -0.2) is 53.1 Å². The number of ether oxygens (including phenoxy) is 1. The highest BCUT2D eigenvalue weighted by Crippen LogP contribution is 2.23. The van der Waals surface area contributed by atoms with Crippen molar-refractivity contribution in [1.82, 2.24) is 19.9 Å². The van der Waals surface area contributed by atoms with Crippen LogP contribution in [0.1, 0.15) is 11.4 Å². The van der Waals surface area contributed by atoms with Crippen molar-refractivity contribution in [3.63, 3.8) is 0 Å². The predicted molar refractivity (Wildman–Crippen MR) is 119 cm³/mol. The Morgan fingerprint density at radius 2 is 1.80 bits per heavy atom. The molecule has 0 unspecified atom stereocenters. The van der Waals surface area contributed by atoms with Crippen molar-refractivity contribution in [2.45, 2.75) is 13.5 Å². The second kappa shape index (κ2) is 8.96. The Bertz CT molecular complexity index is 1000. The van der Waals surface area contributed by atoms with Gasteiger partial charge in [0.15, 0.2) is 0 Å². The maximum atomic E-state index is 5.94. The van der Waals surface area contributed by atoms with Gasteiger partial charge in [0.25, 0.3) is 0 Å². The van der Waals surface area contributed by atoms with Gasteiger partial charge in [-0.25, -0.2) is 0 Å². The van der Waals surface area contributed by atoms with Gasteiger partial charge >= 0.3 is 0 Å². The normalized spacial score (nSPS) is 14.5. The molecule has 0 aliphatic carbocycles. The first-order valence-electron chi connectivity index (χ1n) is 10.0. The fourth-order valence-corrected chi connectivity index (χ4v) is 3.57. The van der Waals surface area contributed by atoms with Crippen molar-refractivity contribution >= 4 is 23.3 Å². The summed E-state index contributed by atoms with van der Waals surface area (Å²) < 4.78 is 5.34. The van der Waals surface area contributed by atoms with Gasteiger partial charge in [0, 0.05) is 43.6 Å². The predicted octanol–water partition coefficient (Wildman–Crippen LogP) is 2.84. The number of rotatable bonds is 6. The highest BCUT2D eigenvalue weighted by Gasteiger charge is 2.19. The summed E-state index contributed by atoms with van der Waals surface area (Å²) in [6, 6.07) is 16.2. The van der Waals surface area contributed by atoms with Crippen LogP contribution >= 0.6 is 0 Å². The van der Waals surface area contributed by atoms with Gasteiger partial charge in [-0.15, -0.1) is 0 Å². The molecular formula is C22H27N7O. The summed E-state index contributed by atoms with van der Waals surface area (Å²) >= 11 is 0. The fourth-order valence-electron chi connectivity index (χ4n) is 3.57. The molecule has 1 aliphatic rings. The minimum atomic E-state index is 0.228. The minimum Gasteiger partial charge on any atom is -0.497 e. The first kappa shape index (κ1) is 19.9. The van der Waals surface area contributed by atoms with Gasteiger partial charge in [-0.3, -0.25) is 4.90 Å². The summed E-state index contributed by atoms with van der Waals surface area (Å²) in [4.78, 5) is 17.9. The fraction of sp³-hybridized carbons (Fsp3) is 0.318. The maximum absolute atomic E-state index is 5.94. The third kappa shape index (κ3) is 4.77. The number of nitrogen functional groups attached to an aromatic ring is 1. The molecule has 1 saturated heterocycles. The molecule has 0 amide bonds. The molecule has 0 radical (unpaired) electrons. The maximum Gasteiger partial charge on any atom is 0.232 e. The second-order valence-corrected chi connectivity index (χ2v) is 7.34. The van der Waals surface area contributed by atoms with Crippen LogP contribution in [0.4, 0.5) is 23.3 Å². The molecule has 156 valence electrons. The monoisotopic (exact) mass is 405 g/mol. The van der Waals surface area contributed by atoms with E-state index in [1.807, 2.05) is 43.3 Å². The third-order valence-electron chi connectivity index (χ3n) is 5.25. The summed E-state index contributed by atoms with van der Waals surface area (Å²) in [6.07, 6.45) is 0. The number of hydrogen-bond acceptors (Lipinski definition) is 8. The van der Waals surface area contributed by atoms with Crippen molar-refractivity contribution in [1.29, 1.82) is 0 Å². The molecule has 1 fully saturated rings. The number of benzene rings is 2. The number of nitrogens with two attached hydrogens (primary N) is 1. The average Bonchev–Trinajstić information content (AvgIpc) is 2.75. The number of anilines is 4. The summed E-state index contributed by atoms with van der Waals surface area (Å²) in [5.74, 6) is 2.26. The number of nitrogens with one attached hydrogen (secondary N) is 1. The molecule has 0 atom stereocenters. The molecule has 2 heterocycles. The number of methoxy groups -OCH3 is 1. The van der Waals surface area contributed by atoms with E-state index in [1.165, 1.54) is 5.69 Å². The van der Waals surface area contributed by atoms with Crippen LogP contribution in [0.15, 0.2) is 48.5 Å². The number of aryl methyl sites for hydroxylation is 1. The van der Waals surface area contributed by atoms with Gasteiger partial charge in [-0.2, -0.15) is 15.0 Å². The van der Waals surface area contributed by atoms with Crippen LogP contribution in [0.3, 0.4) is 0 Å². The summed E-state index contributed by atoms with van der Waals surface area (Å²) in [7, 11) is 1.69. The van der Waals surface area contributed by atoms with Crippen LogP contribution < -0.4 is 20.7 Å². The van der Waals surface area contributed by atoms with E-state index < -0.39 is 0 Å². The van der Waals surface area contributed by atoms with Gasteiger partial charge < -0.3 is 20.7 Å². The first-order chi connectivity index (χ1) is 14.6. The highest BCUT2D eigenvalue weighted by atomic mass is 16.5. The third-order valence-corrected chi connectivity index (χ3v) is 5.25. The summed E-state index contributed by atoms with van der Waals surface area (Å²) in [5, 5.41) is 3.25. The van der Waals surface area contributed by atoms with E-state index in [2.05, 4.69) is 42.2 Å². The van der Waals surface area contributed by atoms with Crippen molar-refractivity contribution in [2.24, 2.45) is 0 Å². The molecule has 1 aliphatic heterocycles. The number of aromatic nitrogens is 3. The minimum absolute atomic E-state index is 0.228. The Kier molecular flexibility index (Phi) is 5.94. The molecule has 8 nitrogen and oxygen atoms in total. The Morgan fingerprint density at radius 3 is 2.57 bits per heavy atom. The molecule has 0 bridgehead atoms. The Morgan fingerprint density at radius 1 is 1.00 bits per heavy atom. The largest absolute Gasteiger partial charge is 0.497 e. The van der Waals surface area contributed by atoms with Crippen LogP contribution in [-0.2, 0) is 6.54 Å². The molecule has 4 rings (SSSR count). The van der Waals surface area contributed by atoms with Crippen molar-refractivity contribution < 1.29 is 4.74 Å². The van der Waals surface area contributed by atoms with Crippen molar-refractivity contribution in [3.8, 4) is 5.75 Å². The molecule has 1 aromatic heterocycles. The zero-order valence-corrected chi connectivity index (χ0v) is 17.4. The lowest BCUT2D eigenvalue weighted by Crippen LogP contribution is -2.46. The van der Waals surface area contributed by atoms with Gasteiger partial charge in [0.2, 0.25) is 11.9 Å². The summed E-state index contributed by atoms with van der Waals surface area (Å²) in [5.41, 5.74) is 9.20. The Balaban J connectivity index is 1.39. The average molecular weight is 406 g/mol. The van der Waals surface area contributed by atoms with E-state index in [1.54, 1.807) is 7.11 Å².